The number of rotatable bonds is 4. The molecule has 0 bridgehead atoms. The number of carbonyl (C=O) groups excluding carboxylic acids is 1. The van der Waals surface area contributed by atoms with Crippen LogP contribution in [0.5, 0.6) is 0 Å². The van der Waals surface area contributed by atoms with Crippen LogP contribution in [-0.2, 0) is 11.0 Å². The predicted molar refractivity (Wildman–Crippen MR) is 122 cm³/mol. The lowest BCUT2D eigenvalue weighted by Gasteiger charge is -2.39. The minimum atomic E-state index is -4.40. The van der Waals surface area contributed by atoms with Gasteiger partial charge in [-0.3, -0.25) is 9.36 Å². The van der Waals surface area contributed by atoms with Crippen LogP contribution in [0.25, 0.3) is 5.82 Å². The molecule has 1 atom stereocenters. The van der Waals surface area contributed by atoms with E-state index in [1.165, 1.54) is 6.07 Å². The van der Waals surface area contributed by atoms with E-state index in [0.717, 1.165) is 37.5 Å². The molecule has 5 rings (SSSR count). The molecular weight excluding hydrogens is 461 g/mol. The van der Waals surface area contributed by atoms with Crippen molar-refractivity contribution < 1.29 is 18.0 Å². The summed E-state index contributed by atoms with van der Waals surface area (Å²) in [7, 11) is 0. The molecule has 0 saturated carbocycles. The number of amides is 1. The highest BCUT2D eigenvalue weighted by molar-refractivity contribution is 5.80. The number of hydrogen-bond donors (Lipinski definition) is 0. The standard InChI is InChI=1S/C23H25F3N8O/c24-23(25,26)18-3-4-19(28-14-18)31-10-12-32(13-11-31)22(35)17-2-1-8-33(15-17)20-5-6-21(30-29-20)34-9-7-27-16-34/h3-7,9,14,16-17H,1-2,8,10-13,15H2/t17-/m1/s1. The molecule has 12 heteroatoms. The van der Waals surface area contributed by atoms with Crippen molar-refractivity contribution in [3.05, 3.63) is 54.7 Å². The number of pyridine rings is 1. The van der Waals surface area contributed by atoms with Crippen LogP contribution >= 0.6 is 0 Å². The third-order valence-corrected chi connectivity index (χ3v) is 6.49. The molecule has 0 unspecified atom stereocenters. The van der Waals surface area contributed by atoms with E-state index in [0.29, 0.717) is 44.4 Å². The van der Waals surface area contributed by atoms with Crippen molar-refractivity contribution in [2.24, 2.45) is 5.92 Å². The van der Waals surface area contributed by atoms with Gasteiger partial charge in [-0.05, 0) is 37.1 Å². The molecule has 0 aromatic carbocycles. The van der Waals surface area contributed by atoms with Crippen molar-refractivity contribution in [3.8, 4) is 5.82 Å². The molecule has 3 aromatic rings. The van der Waals surface area contributed by atoms with Crippen molar-refractivity contribution >= 4 is 17.5 Å². The van der Waals surface area contributed by atoms with Crippen LogP contribution in [-0.4, -0.2) is 74.8 Å². The molecule has 0 radical (unpaired) electrons. The zero-order valence-electron chi connectivity index (χ0n) is 19.0. The number of hydrogen-bond acceptors (Lipinski definition) is 7. The molecule has 1 amide bonds. The second-order valence-electron chi connectivity index (χ2n) is 8.72. The Morgan fingerprint density at radius 2 is 1.66 bits per heavy atom. The minimum Gasteiger partial charge on any atom is -0.354 e. The SMILES string of the molecule is O=C([C@@H]1CCCN(c2ccc(-n3ccnc3)nn2)C1)N1CCN(c2ccc(C(F)(F)F)cn2)CC1. The van der Waals surface area contributed by atoms with Crippen molar-refractivity contribution in [3.63, 3.8) is 0 Å². The molecule has 184 valence electrons. The van der Waals surface area contributed by atoms with E-state index in [1.54, 1.807) is 23.3 Å². The summed E-state index contributed by atoms with van der Waals surface area (Å²) in [6.07, 6.45) is 3.29. The maximum Gasteiger partial charge on any atom is 0.417 e. The number of piperazine rings is 1. The van der Waals surface area contributed by atoms with Gasteiger partial charge in [0.25, 0.3) is 0 Å². The third-order valence-electron chi connectivity index (χ3n) is 6.49. The number of imidazole rings is 1. The fourth-order valence-corrected chi connectivity index (χ4v) is 4.56. The van der Waals surface area contributed by atoms with E-state index in [-0.39, 0.29) is 11.8 Å². The highest BCUT2D eigenvalue weighted by atomic mass is 19.4. The second-order valence-corrected chi connectivity index (χ2v) is 8.72. The molecule has 2 aliphatic heterocycles. The molecule has 5 heterocycles. The highest BCUT2D eigenvalue weighted by Crippen LogP contribution is 2.30. The summed E-state index contributed by atoms with van der Waals surface area (Å²) in [5.41, 5.74) is -0.766. The number of piperidine rings is 1. The first-order chi connectivity index (χ1) is 16.9. The molecule has 2 fully saturated rings. The number of alkyl halides is 3. The Bertz CT molecular complexity index is 1130. The Labute approximate surface area is 200 Å². The fraction of sp³-hybridized carbons (Fsp3) is 0.435. The van der Waals surface area contributed by atoms with Crippen molar-refractivity contribution in [1.29, 1.82) is 0 Å². The fourth-order valence-electron chi connectivity index (χ4n) is 4.56. The molecule has 2 aliphatic rings. The van der Waals surface area contributed by atoms with Gasteiger partial charge >= 0.3 is 6.18 Å². The van der Waals surface area contributed by atoms with E-state index >= 15 is 0 Å². The summed E-state index contributed by atoms with van der Waals surface area (Å²) in [5, 5.41) is 8.62. The van der Waals surface area contributed by atoms with E-state index in [2.05, 4.69) is 25.1 Å². The lowest BCUT2D eigenvalue weighted by atomic mass is 9.96. The van der Waals surface area contributed by atoms with Gasteiger partial charge < -0.3 is 14.7 Å². The Hall–Kier alpha value is -3.70. The van der Waals surface area contributed by atoms with E-state index in [4.69, 9.17) is 0 Å². The molecule has 2 saturated heterocycles. The molecule has 0 N–H and O–H groups in total. The summed E-state index contributed by atoms with van der Waals surface area (Å²) >= 11 is 0. The number of aromatic nitrogens is 5. The van der Waals surface area contributed by atoms with E-state index in [9.17, 15) is 18.0 Å². The number of carbonyl (C=O) groups is 1. The molecule has 35 heavy (non-hydrogen) atoms. The molecule has 0 aliphatic carbocycles. The third kappa shape index (κ3) is 5.05. The monoisotopic (exact) mass is 486 g/mol. The van der Waals surface area contributed by atoms with Crippen LogP contribution in [0.1, 0.15) is 18.4 Å². The Balaban J connectivity index is 1.16. The topological polar surface area (TPSA) is 83.3 Å². The molecule has 9 nitrogen and oxygen atoms in total. The summed E-state index contributed by atoms with van der Waals surface area (Å²) < 4.78 is 40.1. The summed E-state index contributed by atoms with van der Waals surface area (Å²) in [5.74, 6) is 1.89. The number of halogens is 3. The van der Waals surface area contributed by atoms with Gasteiger partial charge in [-0.25, -0.2) is 9.97 Å². The van der Waals surface area contributed by atoms with Crippen molar-refractivity contribution in [1.82, 2.24) is 29.6 Å². The second kappa shape index (κ2) is 9.51. The van der Waals surface area contributed by atoms with Crippen LogP contribution in [0.3, 0.4) is 0 Å². The average Bonchev–Trinajstić information content (AvgIpc) is 3.43. The van der Waals surface area contributed by atoms with E-state index in [1.807, 2.05) is 21.9 Å². The lowest BCUT2D eigenvalue weighted by Crippen LogP contribution is -2.52. The zero-order valence-corrected chi connectivity index (χ0v) is 19.0. The smallest absolute Gasteiger partial charge is 0.354 e. The van der Waals surface area contributed by atoms with Gasteiger partial charge in [0.2, 0.25) is 5.91 Å². The largest absolute Gasteiger partial charge is 0.417 e. The Kier molecular flexibility index (Phi) is 6.27. The van der Waals surface area contributed by atoms with Gasteiger partial charge in [0.05, 0.1) is 11.5 Å². The average molecular weight is 487 g/mol. The van der Waals surface area contributed by atoms with Gasteiger partial charge in [-0.1, -0.05) is 0 Å². The Morgan fingerprint density at radius 1 is 0.914 bits per heavy atom. The maximum atomic E-state index is 13.2. The van der Waals surface area contributed by atoms with Gasteiger partial charge in [-0.2, -0.15) is 13.2 Å². The van der Waals surface area contributed by atoms with E-state index < -0.39 is 11.7 Å². The Morgan fingerprint density at radius 3 is 2.29 bits per heavy atom. The lowest BCUT2D eigenvalue weighted by molar-refractivity contribution is -0.138. The summed E-state index contributed by atoms with van der Waals surface area (Å²) in [6, 6.07) is 6.22. The first kappa shape index (κ1) is 23.1. The van der Waals surface area contributed by atoms with Gasteiger partial charge in [-0.15, -0.1) is 10.2 Å². The van der Waals surface area contributed by atoms with Crippen molar-refractivity contribution in [2.45, 2.75) is 19.0 Å². The maximum absolute atomic E-state index is 13.2. The quantitative estimate of drug-likeness (QED) is 0.561. The van der Waals surface area contributed by atoms with Crippen LogP contribution in [0.15, 0.2) is 49.2 Å². The summed E-state index contributed by atoms with van der Waals surface area (Å²) in [6.45, 7) is 3.48. The highest BCUT2D eigenvalue weighted by Gasteiger charge is 2.33. The minimum absolute atomic E-state index is 0.109. The molecular formula is C23H25F3N8O. The summed E-state index contributed by atoms with van der Waals surface area (Å²) in [4.78, 5) is 27.1. The first-order valence-corrected chi connectivity index (χ1v) is 11.5. The van der Waals surface area contributed by atoms with Crippen LogP contribution in [0.4, 0.5) is 24.8 Å². The van der Waals surface area contributed by atoms with Crippen LogP contribution < -0.4 is 9.80 Å². The molecule has 3 aromatic heterocycles. The zero-order chi connectivity index (χ0) is 24.4. The molecule has 0 spiro atoms. The van der Waals surface area contributed by atoms with Crippen LogP contribution in [0.2, 0.25) is 0 Å². The first-order valence-electron chi connectivity index (χ1n) is 11.5. The van der Waals surface area contributed by atoms with Crippen molar-refractivity contribution in [2.75, 3.05) is 49.1 Å². The normalized spacial score (nSPS) is 19.2. The van der Waals surface area contributed by atoms with Crippen LogP contribution in [0, 0.1) is 5.92 Å². The number of anilines is 2. The number of nitrogens with zero attached hydrogens (tertiary/aromatic N) is 8. The van der Waals surface area contributed by atoms with Gasteiger partial charge in [0.1, 0.15) is 12.1 Å². The van der Waals surface area contributed by atoms with Gasteiger partial charge in [0.15, 0.2) is 11.6 Å². The predicted octanol–water partition coefficient (Wildman–Crippen LogP) is 2.64. The van der Waals surface area contributed by atoms with Gasteiger partial charge in [0, 0.05) is 57.9 Å².